The SMILES string of the molecule is COc1cc(CN2CCC(OC)C2)ccc1OCC=C(C)C. The molecule has 4 heteroatoms. The van der Waals surface area contributed by atoms with E-state index >= 15 is 0 Å². The number of hydrogen-bond donors (Lipinski definition) is 0. The molecule has 1 heterocycles. The van der Waals surface area contributed by atoms with Crippen molar-refractivity contribution in [2.45, 2.75) is 32.9 Å². The third-order valence-electron chi connectivity index (χ3n) is 3.93. The van der Waals surface area contributed by atoms with Crippen LogP contribution in [-0.4, -0.2) is 44.9 Å². The number of benzene rings is 1. The summed E-state index contributed by atoms with van der Waals surface area (Å²) in [6.07, 6.45) is 3.54. The summed E-state index contributed by atoms with van der Waals surface area (Å²) < 4.78 is 16.6. The molecule has 122 valence electrons. The summed E-state index contributed by atoms with van der Waals surface area (Å²) in [7, 11) is 3.47. The van der Waals surface area contributed by atoms with Gasteiger partial charge in [0.25, 0.3) is 0 Å². The van der Waals surface area contributed by atoms with Gasteiger partial charge in [0.1, 0.15) is 6.61 Å². The Labute approximate surface area is 133 Å². The third-order valence-corrected chi connectivity index (χ3v) is 3.93. The minimum atomic E-state index is 0.369. The lowest BCUT2D eigenvalue weighted by Gasteiger charge is -2.17. The van der Waals surface area contributed by atoms with E-state index in [1.54, 1.807) is 14.2 Å². The topological polar surface area (TPSA) is 30.9 Å². The highest BCUT2D eigenvalue weighted by Gasteiger charge is 2.22. The number of likely N-dealkylation sites (tertiary alicyclic amines) is 1. The number of hydrogen-bond acceptors (Lipinski definition) is 4. The van der Waals surface area contributed by atoms with Gasteiger partial charge in [0.2, 0.25) is 0 Å². The van der Waals surface area contributed by atoms with E-state index in [1.807, 2.05) is 6.07 Å². The second-order valence-corrected chi connectivity index (χ2v) is 5.96. The van der Waals surface area contributed by atoms with E-state index in [4.69, 9.17) is 14.2 Å². The highest BCUT2D eigenvalue weighted by Crippen LogP contribution is 2.29. The Morgan fingerprint density at radius 1 is 1.27 bits per heavy atom. The van der Waals surface area contributed by atoms with Crippen LogP contribution in [0.1, 0.15) is 25.8 Å². The molecule has 0 aliphatic carbocycles. The molecule has 1 aromatic carbocycles. The summed E-state index contributed by atoms with van der Waals surface area (Å²) in [6, 6.07) is 6.18. The molecule has 1 aliphatic heterocycles. The maximum absolute atomic E-state index is 5.76. The van der Waals surface area contributed by atoms with Gasteiger partial charge in [0, 0.05) is 26.7 Å². The molecule has 2 rings (SSSR count). The van der Waals surface area contributed by atoms with E-state index in [0.29, 0.717) is 12.7 Å². The molecule has 0 radical (unpaired) electrons. The molecule has 22 heavy (non-hydrogen) atoms. The van der Waals surface area contributed by atoms with Gasteiger partial charge in [-0.25, -0.2) is 0 Å². The van der Waals surface area contributed by atoms with Crippen LogP contribution in [0.25, 0.3) is 0 Å². The predicted molar refractivity (Wildman–Crippen MR) is 88.6 cm³/mol. The van der Waals surface area contributed by atoms with Crippen molar-refractivity contribution in [3.8, 4) is 11.5 Å². The van der Waals surface area contributed by atoms with Crippen LogP contribution in [0.15, 0.2) is 29.8 Å². The van der Waals surface area contributed by atoms with Gasteiger partial charge in [-0.1, -0.05) is 11.6 Å². The fourth-order valence-electron chi connectivity index (χ4n) is 2.62. The average Bonchev–Trinajstić information content (AvgIpc) is 2.95. The van der Waals surface area contributed by atoms with Crippen molar-refractivity contribution in [3.05, 3.63) is 35.4 Å². The Hall–Kier alpha value is -1.52. The minimum absolute atomic E-state index is 0.369. The lowest BCUT2D eigenvalue weighted by atomic mass is 10.2. The Morgan fingerprint density at radius 3 is 2.73 bits per heavy atom. The Morgan fingerprint density at radius 2 is 2.09 bits per heavy atom. The van der Waals surface area contributed by atoms with Crippen molar-refractivity contribution in [3.63, 3.8) is 0 Å². The molecule has 1 saturated heterocycles. The highest BCUT2D eigenvalue weighted by molar-refractivity contribution is 5.43. The van der Waals surface area contributed by atoms with Gasteiger partial charge in [-0.2, -0.15) is 0 Å². The first kappa shape index (κ1) is 16.8. The molecular weight excluding hydrogens is 278 g/mol. The van der Waals surface area contributed by atoms with Crippen LogP contribution in [0.2, 0.25) is 0 Å². The summed E-state index contributed by atoms with van der Waals surface area (Å²) in [5.41, 5.74) is 2.49. The van der Waals surface area contributed by atoms with Gasteiger partial charge in [-0.05, 0) is 44.0 Å². The van der Waals surface area contributed by atoms with Crippen LogP contribution in [0, 0.1) is 0 Å². The minimum Gasteiger partial charge on any atom is -0.493 e. The third kappa shape index (κ3) is 4.75. The van der Waals surface area contributed by atoms with Crippen LogP contribution in [-0.2, 0) is 11.3 Å². The molecular formula is C18H27NO3. The van der Waals surface area contributed by atoms with Gasteiger partial charge >= 0.3 is 0 Å². The largest absolute Gasteiger partial charge is 0.493 e. The average molecular weight is 305 g/mol. The number of ether oxygens (including phenoxy) is 3. The maximum atomic E-state index is 5.76. The van der Waals surface area contributed by atoms with Crippen LogP contribution in [0.5, 0.6) is 11.5 Å². The second kappa shape index (κ2) is 8.20. The smallest absolute Gasteiger partial charge is 0.161 e. The van der Waals surface area contributed by atoms with Crippen LogP contribution < -0.4 is 9.47 Å². The zero-order valence-corrected chi connectivity index (χ0v) is 14.1. The monoisotopic (exact) mass is 305 g/mol. The molecule has 1 aliphatic rings. The van der Waals surface area contributed by atoms with Crippen LogP contribution in [0.4, 0.5) is 0 Å². The van der Waals surface area contributed by atoms with Crippen molar-refractivity contribution >= 4 is 0 Å². The van der Waals surface area contributed by atoms with E-state index in [0.717, 1.165) is 37.6 Å². The first-order valence-corrected chi connectivity index (χ1v) is 7.80. The van der Waals surface area contributed by atoms with E-state index in [1.165, 1.54) is 11.1 Å². The molecule has 1 aromatic rings. The van der Waals surface area contributed by atoms with Crippen LogP contribution >= 0.6 is 0 Å². The maximum Gasteiger partial charge on any atom is 0.161 e. The standard InChI is InChI=1S/C18H27NO3/c1-14(2)8-10-22-17-6-5-15(11-18(17)21-4)12-19-9-7-16(13-19)20-3/h5-6,8,11,16H,7,9-10,12-13H2,1-4H3. The van der Waals surface area contributed by atoms with Crippen LogP contribution in [0.3, 0.4) is 0 Å². The van der Waals surface area contributed by atoms with Crippen molar-refractivity contribution in [1.29, 1.82) is 0 Å². The fraction of sp³-hybridized carbons (Fsp3) is 0.556. The van der Waals surface area contributed by atoms with Crippen molar-refractivity contribution < 1.29 is 14.2 Å². The summed E-state index contributed by atoms with van der Waals surface area (Å²) in [5.74, 6) is 1.59. The summed E-state index contributed by atoms with van der Waals surface area (Å²) in [5, 5.41) is 0. The predicted octanol–water partition coefficient (Wildman–Crippen LogP) is 3.26. The molecule has 1 atom stereocenters. The Bertz CT molecular complexity index is 509. The quantitative estimate of drug-likeness (QED) is 0.724. The van der Waals surface area contributed by atoms with Gasteiger partial charge in [0.05, 0.1) is 13.2 Å². The van der Waals surface area contributed by atoms with Gasteiger partial charge < -0.3 is 14.2 Å². The Balaban J connectivity index is 1.97. The summed E-state index contributed by atoms with van der Waals surface area (Å²) in [4.78, 5) is 2.41. The first-order chi connectivity index (χ1) is 10.6. The first-order valence-electron chi connectivity index (χ1n) is 7.80. The molecule has 0 spiro atoms. The molecule has 0 aromatic heterocycles. The normalized spacial score (nSPS) is 18.3. The van der Waals surface area contributed by atoms with Gasteiger partial charge in [-0.3, -0.25) is 4.90 Å². The lowest BCUT2D eigenvalue weighted by molar-refractivity contribution is 0.107. The number of allylic oxidation sites excluding steroid dienone is 1. The number of rotatable bonds is 7. The number of methoxy groups -OCH3 is 2. The highest BCUT2D eigenvalue weighted by atomic mass is 16.5. The summed E-state index contributed by atoms with van der Waals surface area (Å²) >= 11 is 0. The van der Waals surface area contributed by atoms with Gasteiger partial charge in [0.15, 0.2) is 11.5 Å². The molecule has 0 N–H and O–H groups in total. The van der Waals surface area contributed by atoms with Crippen molar-refractivity contribution in [2.24, 2.45) is 0 Å². The summed E-state index contributed by atoms with van der Waals surface area (Å²) in [6.45, 7) is 7.70. The van der Waals surface area contributed by atoms with Crippen molar-refractivity contribution in [1.82, 2.24) is 4.90 Å². The molecule has 1 unspecified atom stereocenters. The zero-order chi connectivity index (χ0) is 15.9. The molecule has 0 saturated carbocycles. The van der Waals surface area contributed by atoms with E-state index in [9.17, 15) is 0 Å². The second-order valence-electron chi connectivity index (χ2n) is 5.96. The van der Waals surface area contributed by atoms with E-state index in [2.05, 4.69) is 37.0 Å². The molecule has 1 fully saturated rings. The van der Waals surface area contributed by atoms with Gasteiger partial charge in [-0.15, -0.1) is 0 Å². The van der Waals surface area contributed by atoms with E-state index < -0.39 is 0 Å². The van der Waals surface area contributed by atoms with E-state index in [-0.39, 0.29) is 0 Å². The Kier molecular flexibility index (Phi) is 6.28. The fourth-order valence-corrected chi connectivity index (χ4v) is 2.62. The molecule has 0 amide bonds. The molecule has 0 bridgehead atoms. The van der Waals surface area contributed by atoms with Crippen molar-refractivity contribution in [2.75, 3.05) is 33.9 Å². The lowest BCUT2D eigenvalue weighted by Crippen LogP contribution is -2.22. The zero-order valence-electron chi connectivity index (χ0n) is 14.1. The number of nitrogens with zero attached hydrogens (tertiary/aromatic N) is 1. The molecule has 4 nitrogen and oxygen atoms in total.